The zero-order chi connectivity index (χ0) is 13.7. The Labute approximate surface area is 116 Å². The van der Waals surface area contributed by atoms with Gasteiger partial charge in [-0.1, -0.05) is 0 Å². The summed E-state index contributed by atoms with van der Waals surface area (Å²) >= 11 is 0. The van der Waals surface area contributed by atoms with E-state index in [1.807, 2.05) is 12.4 Å². The maximum Gasteiger partial charge on any atom is 0.0565 e. The van der Waals surface area contributed by atoms with Crippen LogP contribution in [0.15, 0.2) is 24.5 Å². The van der Waals surface area contributed by atoms with E-state index in [2.05, 4.69) is 36.0 Å². The van der Waals surface area contributed by atoms with E-state index < -0.39 is 0 Å². The van der Waals surface area contributed by atoms with Gasteiger partial charge in [-0.05, 0) is 50.9 Å². The average Bonchev–Trinajstić information content (AvgIpc) is 2.45. The van der Waals surface area contributed by atoms with Crippen molar-refractivity contribution >= 4 is 0 Å². The lowest BCUT2D eigenvalue weighted by atomic mass is 9.85. The minimum Gasteiger partial charge on any atom is -0.378 e. The largest absolute Gasteiger partial charge is 0.378 e. The Balaban J connectivity index is 1.95. The smallest absolute Gasteiger partial charge is 0.0565 e. The molecule has 0 bridgehead atoms. The molecule has 0 amide bonds. The predicted molar refractivity (Wildman–Crippen MR) is 77.0 cm³/mol. The quantitative estimate of drug-likeness (QED) is 0.873. The Bertz CT molecular complexity index is 384. The number of hydrogen-bond acceptors (Lipinski definition) is 4. The van der Waals surface area contributed by atoms with Crippen molar-refractivity contribution in [3.8, 4) is 0 Å². The van der Waals surface area contributed by atoms with E-state index in [9.17, 15) is 0 Å². The molecule has 1 aliphatic heterocycles. The van der Waals surface area contributed by atoms with Crippen LogP contribution in [-0.2, 0) is 11.2 Å². The molecule has 2 atom stereocenters. The van der Waals surface area contributed by atoms with Crippen molar-refractivity contribution in [3.63, 3.8) is 0 Å². The van der Waals surface area contributed by atoms with Crippen LogP contribution >= 0.6 is 0 Å². The van der Waals surface area contributed by atoms with Crippen LogP contribution in [0.4, 0.5) is 0 Å². The molecule has 1 fully saturated rings. The van der Waals surface area contributed by atoms with Gasteiger partial charge in [0.1, 0.15) is 0 Å². The van der Waals surface area contributed by atoms with Crippen LogP contribution in [0.2, 0.25) is 0 Å². The molecular formula is C15H25N3O. The lowest BCUT2D eigenvalue weighted by molar-refractivity contribution is -0.0555. The standard InChI is InChI=1S/C15H25N3O/c1-13-11-15(12-16,6-10-19-13)18(2)9-5-14-3-7-17-8-4-14/h3-4,7-8,13H,5-6,9-12,16H2,1-2H3. The van der Waals surface area contributed by atoms with Gasteiger partial charge < -0.3 is 10.5 Å². The molecule has 2 unspecified atom stereocenters. The highest BCUT2D eigenvalue weighted by molar-refractivity contribution is 5.10. The highest BCUT2D eigenvalue weighted by atomic mass is 16.5. The number of aromatic nitrogens is 1. The molecule has 2 N–H and O–H groups in total. The molecule has 1 saturated heterocycles. The molecule has 0 radical (unpaired) electrons. The van der Waals surface area contributed by atoms with Crippen LogP contribution in [0.5, 0.6) is 0 Å². The van der Waals surface area contributed by atoms with Gasteiger partial charge in [0.05, 0.1) is 6.10 Å². The van der Waals surface area contributed by atoms with Crippen molar-refractivity contribution in [1.29, 1.82) is 0 Å². The van der Waals surface area contributed by atoms with Gasteiger partial charge in [0.2, 0.25) is 0 Å². The minimum absolute atomic E-state index is 0.102. The van der Waals surface area contributed by atoms with E-state index >= 15 is 0 Å². The van der Waals surface area contributed by atoms with Crippen molar-refractivity contribution in [2.45, 2.75) is 37.8 Å². The molecule has 0 spiro atoms. The number of nitrogens with zero attached hydrogens (tertiary/aromatic N) is 2. The first kappa shape index (κ1) is 14.4. The molecule has 4 nitrogen and oxygen atoms in total. The van der Waals surface area contributed by atoms with E-state index in [4.69, 9.17) is 10.5 Å². The zero-order valence-corrected chi connectivity index (χ0v) is 12.0. The van der Waals surface area contributed by atoms with Gasteiger partial charge in [-0.3, -0.25) is 9.88 Å². The fraction of sp³-hybridized carbons (Fsp3) is 0.667. The summed E-state index contributed by atoms with van der Waals surface area (Å²) in [6.07, 6.45) is 7.10. The van der Waals surface area contributed by atoms with Crippen LogP contribution in [0.3, 0.4) is 0 Å². The zero-order valence-electron chi connectivity index (χ0n) is 12.0. The second-order valence-electron chi connectivity index (χ2n) is 5.59. The van der Waals surface area contributed by atoms with E-state index in [0.29, 0.717) is 12.6 Å². The van der Waals surface area contributed by atoms with Crippen LogP contribution in [0.25, 0.3) is 0 Å². The Morgan fingerprint density at radius 2 is 2.21 bits per heavy atom. The Kier molecular flexibility index (Phi) is 4.91. The molecule has 2 heterocycles. The number of hydrogen-bond donors (Lipinski definition) is 1. The third-order valence-corrected chi connectivity index (χ3v) is 4.31. The first-order chi connectivity index (χ1) is 9.16. The van der Waals surface area contributed by atoms with Crippen molar-refractivity contribution in [3.05, 3.63) is 30.1 Å². The lowest BCUT2D eigenvalue weighted by Crippen LogP contribution is -2.57. The summed E-state index contributed by atoms with van der Waals surface area (Å²) in [6.45, 7) is 4.68. The molecule has 0 aliphatic carbocycles. The summed E-state index contributed by atoms with van der Waals surface area (Å²) < 4.78 is 5.66. The van der Waals surface area contributed by atoms with Crippen LogP contribution in [0.1, 0.15) is 25.3 Å². The van der Waals surface area contributed by atoms with Crippen LogP contribution in [0, 0.1) is 0 Å². The summed E-state index contributed by atoms with van der Waals surface area (Å²) in [7, 11) is 2.19. The first-order valence-electron chi connectivity index (χ1n) is 7.08. The molecular weight excluding hydrogens is 238 g/mol. The summed E-state index contributed by atoms with van der Waals surface area (Å²) in [6, 6.07) is 4.16. The molecule has 1 aliphatic rings. The molecule has 106 valence electrons. The Morgan fingerprint density at radius 1 is 1.47 bits per heavy atom. The second kappa shape index (κ2) is 6.46. The van der Waals surface area contributed by atoms with Gasteiger partial charge >= 0.3 is 0 Å². The third kappa shape index (κ3) is 3.53. The van der Waals surface area contributed by atoms with Gasteiger partial charge in [-0.15, -0.1) is 0 Å². The Morgan fingerprint density at radius 3 is 2.84 bits per heavy atom. The molecule has 2 rings (SSSR count). The number of ether oxygens (including phenoxy) is 1. The third-order valence-electron chi connectivity index (χ3n) is 4.31. The summed E-state index contributed by atoms with van der Waals surface area (Å²) in [5.74, 6) is 0. The highest BCUT2D eigenvalue weighted by Crippen LogP contribution is 2.29. The van der Waals surface area contributed by atoms with Crippen molar-refractivity contribution in [2.24, 2.45) is 5.73 Å². The molecule has 19 heavy (non-hydrogen) atoms. The molecule has 0 aromatic carbocycles. The maximum absolute atomic E-state index is 6.06. The van der Waals surface area contributed by atoms with Crippen molar-refractivity contribution in [1.82, 2.24) is 9.88 Å². The maximum atomic E-state index is 6.06. The van der Waals surface area contributed by atoms with Crippen molar-refractivity contribution < 1.29 is 4.74 Å². The molecule has 0 saturated carbocycles. The van der Waals surface area contributed by atoms with E-state index in [1.165, 1.54) is 5.56 Å². The SMILES string of the molecule is CC1CC(CN)(N(C)CCc2ccncc2)CCO1. The van der Waals surface area contributed by atoms with Crippen LogP contribution < -0.4 is 5.73 Å². The average molecular weight is 263 g/mol. The van der Waals surface area contributed by atoms with Gasteiger partial charge in [-0.2, -0.15) is 0 Å². The van der Waals surface area contributed by atoms with Gasteiger partial charge in [-0.25, -0.2) is 0 Å². The second-order valence-corrected chi connectivity index (χ2v) is 5.59. The summed E-state index contributed by atoms with van der Waals surface area (Å²) in [4.78, 5) is 6.48. The number of nitrogens with two attached hydrogens (primary N) is 1. The fourth-order valence-corrected chi connectivity index (χ4v) is 2.92. The normalized spacial score (nSPS) is 27.7. The van der Waals surface area contributed by atoms with Gasteiger partial charge in [0.15, 0.2) is 0 Å². The molecule has 4 heteroatoms. The topological polar surface area (TPSA) is 51.4 Å². The van der Waals surface area contributed by atoms with E-state index in [-0.39, 0.29) is 5.54 Å². The van der Waals surface area contributed by atoms with Crippen molar-refractivity contribution in [2.75, 3.05) is 26.7 Å². The number of pyridine rings is 1. The molecule has 1 aromatic heterocycles. The van der Waals surface area contributed by atoms with E-state index in [1.54, 1.807) is 0 Å². The number of likely N-dealkylation sites (N-methyl/N-ethyl adjacent to an activating group) is 1. The fourth-order valence-electron chi connectivity index (χ4n) is 2.92. The number of rotatable bonds is 5. The predicted octanol–water partition coefficient (Wildman–Crippen LogP) is 1.45. The summed E-state index contributed by atoms with van der Waals surface area (Å²) in [5.41, 5.74) is 7.49. The monoisotopic (exact) mass is 263 g/mol. The summed E-state index contributed by atoms with van der Waals surface area (Å²) in [5, 5.41) is 0. The van der Waals surface area contributed by atoms with Gasteiger partial charge in [0, 0.05) is 37.6 Å². The Hall–Kier alpha value is -0.970. The highest BCUT2D eigenvalue weighted by Gasteiger charge is 2.37. The first-order valence-corrected chi connectivity index (χ1v) is 7.08. The van der Waals surface area contributed by atoms with Crippen LogP contribution in [-0.4, -0.2) is 48.3 Å². The minimum atomic E-state index is 0.102. The lowest BCUT2D eigenvalue weighted by Gasteiger charge is -2.46. The van der Waals surface area contributed by atoms with E-state index in [0.717, 1.165) is 32.4 Å². The van der Waals surface area contributed by atoms with Gasteiger partial charge in [0.25, 0.3) is 0 Å². The molecule has 1 aromatic rings.